The van der Waals surface area contributed by atoms with Gasteiger partial charge in [-0.25, -0.2) is 0 Å². The van der Waals surface area contributed by atoms with Gasteiger partial charge in [-0.3, -0.25) is 0 Å². The molecule has 242 valence electrons. The van der Waals surface area contributed by atoms with Gasteiger partial charge in [-0.15, -0.1) is 0 Å². The Bertz CT molecular complexity index is 562. The number of hydrogen-bond acceptors (Lipinski definition) is 6. The number of rotatable bonds is 30. The van der Waals surface area contributed by atoms with Crippen LogP contribution in [0.3, 0.4) is 0 Å². The first kappa shape index (κ1) is 35.5. The molecule has 0 saturated carbocycles. The van der Waals surface area contributed by atoms with E-state index < -0.39 is 8.32 Å². The molecule has 0 radical (unpaired) electrons. The second kappa shape index (κ2) is 23.4. The largest absolute Gasteiger partial charge is 0.417 e. The van der Waals surface area contributed by atoms with Crippen molar-refractivity contribution in [1.29, 1.82) is 0 Å². The first-order valence-electron chi connectivity index (χ1n) is 17.9. The average Bonchev–Trinajstić information content (AvgIpc) is 2.89. The Hall–Kier alpha value is -0.0231. The van der Waals surface area contributed by atoms with Crippen molar-refractivity contribution in [3.8, 4) is 0 Å². The molecule has 3 aliphatic rings. The molecule has 0 aliphatic carbocycles. The van der Waals surface area contributed by atoms with Gasteiger partial charge in [0, 0.05) is 52.9 Å². The Balaban J connectivity index is 1.24. The van der Waals surface area contributed by atoms with E-state index in [2.05, 4.69) is 6.92 Å². The first-order chi connectivity index (χ1) is 20.3. The molecule has 0 aromatic rings. The minimum absolute atomic E-state index is 0.544. The van der Waals surface area contributed by atoms with Gasteiger partial charge in [-0.05, 0) is 102 Å². The van der Waals surface area contributed by atoms with Crippen LogP contribution in [0.1, 0.15) is 129 Å². The van der Waals surface area contributed by atoms with Crippen LogP contribution in [0.25, 0.3) is 0 Å². The number of unbranched alkanes of at least 4 members (excludes halogenated alkanes) is 8. The van der Waals surface area contributed by atoms with Gasteiger partial charge in [0.1, 0.15) is 0 Å². The molecular weight excluding hydrogens is 532 g/mol. The lowest BCUT2D eigenvalue weighted by Crippen LogP contribution is -2.38. The normalized spacial score (nSPS) is 23.5. The standard InChI is InChI=1S/C34H66O6Si/c1-2-40-41(29-13-3-6-16-32-19-26-37-32,30-14-4-9-22-35-24-11-7-17-33-20-27-38-33)31-15-5-10-23-36-25-12-8-18-34-21-28-39-34/h32-34H,2-31H2,1H3. The smallest absolute Gasteiger partial charge is 0.192 e. The highest BCUT2D eigenvalue weighted by Crippen LogP contribution is 2.31. The Morgan fingerprint density at radius 3 is 1.17 bits per heavy atom. The summed E-state index contributed by atoms with van der Waals surface area (Å²) in [5.41, 5.74) is 0. The van der Waals surface area contributed by atoms with E-state index in [1.165, 1.54) is 140 Å². The second-order valence-electron chi connectivity index (χ2n) is 12.9. The quantitative estimate of drug-likeness (QED) is 0.0609. The van der Waals surface area contributed by atoms with Crippen LogP contribution in [0.5, 0.6) is 0 Å². The monoisotopic (exact) mass is 598 g/mol. The lowest BCUT2D eigenvalue weighted by atomic mass is 10.1. The Morgan fingerprint density at radius 2 is 0.829 bits per heavy atom. The molecule has 7 heteroatoms. The molecule has 3 unspecified atom stereocenters. The number of ether oxygens (including phenoxy) is 5. The topological polar surface area (TPSA) is 55.4 Å². The lowest BCUT2D eigenvalue weighted by molar-refractivity contribution is -0.0563. The van der Waals surface area contributed by atoms with E-state index in [0.717, 1.165) is 52.9 Å². The zero-order chi connectivity index (χ0) is 28.7. The number of hydrogen-bond donors (Lipinski definition) is 0. The van der Waals surface area contributed by atoms with Gasteiger partial charge in [0.25, 0.3) is 0 Å². The molecule has 0 aromatic heterocycles. The summed E-state index contributed by atoms with van der Waals surface area (Å²) >= 11 is 0. The van der Waals surface area contributed by atoms with Crippen LogP contribution >= 0.6 is 0 Å². The highest BCUT2D eigenvalue weighted by atomic mass is 28.4. The molecule has 3 fully saturated rings. The summed E-state index contributed by atoms with van der Waals surface area (Å²) in [5.74, 6) is 0. The third kappa shape index (κ3) is 16.6. The first-order valence-corrected chi connectivity index (χ1v) is 20.5. The van der Waals surface area contributed by atoms with E-state index in [1.807, 2.05) is 0 Å². The van der Waals surface area contributed by atoms with Gasteiger partial charge in [-0.1, -0.05) is 44.9 Å². The van der Waals surface area contributed by atoms with Crippen molar-refractivity contribution in [2.45, 2.75) is 165 Å². The minimum Gasteiger partial charge on any atom is -0.417 e. The molecule has 3 saturated heterocycles. The Labute approximate surface area is 254 Å². The van der Waals surface area contributed by atoms with E-state index in [-0.39, 0.29) is 0 Å². The van der Waals surface area contributed by atoms with Crippen molar-refractivity contribution < 1.29 is 28.1 Å². The van der Waals surface area contributed by atoms with Crippen LogP contribution in [0.4, 0.5) is 0 Å². The van der Waals surface area contributed by atoms with E-state index in [1.54, 1.807) is 0 Å². The summed E-state index contributed by atoms with van der Waals surface area (Å²) in [5, 5.41) is 0. The van der Waals surface area contributed by atoms with Crippen LogP contribution in [-0.4, -0.2) is 79.5 Å². The van der Waals surface area contributed by atoms with Crippen molar-refractivity contribution >= 4 is 8.32 Å². The predicted molar refractivity (Wildman–Crippen MR) is 170 cm³/mol. The maximum atomic E-state index is 6.73. The van der Waals surface area contributed by atoms with Crippen LogP contribution in [0.15, 0.2) is 0 Å². The van der Waals surface area contributed by atoms with E-state index in [4.69, 9.17) is 28.1 Å². The molecule has 6 nitrogen and oxygen atoms in total. The summed E-state index contributed by atoms with van der Waals surface area (Å²) in [6.07, 6.45) is 25.5. The lowest BCUT2D eigenvalue weighted by Gasteiger charge is -2.32. The molecule has 41 heavy (non-hydrogen) atoms. The fraction of sp³-hybridized carbons (Fsp3) is 1.00. The summed E-state index contributed by atoms with van der Waals surface area (Å²) in [7, 11) is -1.69. The fourth-order valence-corrected chi connectivity index (χ4v) is 10.9. The Morgan fingerprint density at radius 1 is 0.488 bits per heavy atom. The molecule has 3 heterocycles. The predicted octanol–water partition coefficient (Wildman–Crippen LogP) is 8.61. The Kier molecular flexibility index (Phi) is 20.2. The minimum atomic E-state index is -1.69. The van der Waals surface area contributed by atoms with Gasteiger partial charge < -0.3 is 28.1 Å². The van der Waals surface area contributed by atoms with Crippen molar-refractivity contribution in [1.82, 2.24) is 0 Å². The molecule has 0 bridgehead atoms. The molecule has 0 spiro atoms. The van der Waals surface area contributed by atoms with Crippen molar-refractivity contribution in [2.75, 3.05) is 52.9 Å². The van der Waals surface area contributed by atoms with Gasteiger partial charge >= 0.3 is 0 Å². The van der Waals surface area contributed by atoms with Crippen molar-refractivity contribution in [3.63, 3.8) is 0 Å². The SMILES string of the molecule is CCO[Si](CCCCCOCCCCC1CCO1)(CCCCCOCCCCC1CCO1)CCCCCC1CCO1. The summed E-state index contributed by atoms with van der Waals surface area (Å²) in [6, 6.07) is 4.00. The van der Waals surface area contributed by atoms with Crippen molar-refractivity contribution in [2.24, 2.45) is 0 Å². The van der Waals surface area contributed by atoms with Crippen LogP contribution in [0.2, 0.25) is 18.1 Å². The van der Waals surface area contributed by atoms with E-state index in [0.29, 0.717) is 18.3 Å². The van der Waals surface area contributed by atoms with Gasteiger partial charge in [0.15, 0.2) is 8.32 Å². The second-order valence-corrected chi connectivity index (χ2v) is 17.1. The average molecular weight is 599 g/mol. The van der Waals surface area contributed by atoms with Gasteiger partial charge in [0.05, 0.1) is 18.3 Å². The van der Waals surface area contributed by atoms with Crippen LogP contribution in [-0.2, 0) is 28.1 Å². The molecule has 3 atom stereocenters. The summed E-state index contributed by atoms with van der Waals surface area (Å²) < 4.78 is 35.2. The van der Waals surface area contributed by atoms with Gasteiger partial charge in [0.2, 0.25) is 0 Å². The third-order valence-electron chi connectivity index (χ3n) is 9.46. The molecule has 3 rings (SSSR count). The zero-order valence-corrected chi connectivity index (χ0v) is 27.9. The maximum Gasteiger partial charge on any atom is 0.192 e. The summed E-state index contributed by atoms with van der Waals surface area (Å²) in [6.45, 7) is 9.67. The zero-order valence-electron chi connectivity index (χ0n) is 26.9. The molecule has 0 aromatic carbocycles. The summed E-state index contributed by atoms with van der Waals surface area (Å²) in [4.78, 5) is 0. The van der Waals surface area contributed by atoms with Crippen molar-refractivity contribution in [3.05, 3.63) is 0 Å². The van der Waals surface area contributed by atoms with Crippen LogP contribution in [0, 0.1) is 0 Å². The van der Waals surface area contributed by atoms with E-state index in [9.17, 15) is 0 Å². The highest BCUT2D eigenvalue weighted by molar-refractivity contribution is 6.73. The third-order valence-corrected chi connectivity index (χ3v) is 14.2. The van der Waals surface area contributed by atoms with E-state index >= 15 is 0 Å². The molecular formula is C34H66O6Si. The fourth-order valence-electron chi connectivity index (χ4n) is 6.44. The molecule has 0 N–H and O–H groups in total. The molecule has 3 aliphatic heterocycles. The van der Waals surface area contributed by atoms with Crippen LogP contribution < -0.4 is 0 Å². The molecule has 0 amide bonds. The maximum absolute atomic E-state index is 6.73. The highest BCUT2D eigenvalue weighted by Gasteiger charge is 2.33. The van der Waals surface area contributed by atoms with Gasteiger partial charge in [-0.2, -0.15) is 0 Å².